The van der Waals surface area contributed by atoms with E-state index in [0.29, 0.717) is 11.1 Å². The van der Waals surface area contributed by atoms with E-state index in [1.54, 1.807) is 25.1 Å². The van der Waals surface area contributed by atoms with Crippen LogP contribution in [0, 0.1) is 0 Å². The van der Waals surface area contributed by atoms with Crippen molar-refractivity contribution < 1.29 is 15.0 Å². The zero-order valence-electron chi connectivity index (χ0n) is 8.11. The molecule has 0 atom stereocenters. The fraction of sp³-hybridized carbons (Fsp3) is 0.182. The van der Waals surface area contributed by atoms with E-state index in [-0.39, 0.29) is 11.3 Å². The van der Waals surface area contributed by atoms with E-state index < -0.39 is 5.97 Å². The predicted octanol–water partition coefficient (Wildman–Crippen LogP) is 2.27. The lowest BCUT2D eigenvalue weighted by Crippen LogP contribution is -1.99. The van der Waals surface area contributed by atoms with Gasteiger partial charge in [0.15, 0.2) is 0 Å². The average Bonchev–Trinajstić information content (AvgIpc) is 2.16. The lowest BCUT2D eigenvalue weighted by Gasteiger charge is -2.06. The minimum absolute atomic E-state index is 0.102. The number of para-hydroxylation sites is 1. The largest absolute Gasteiger partial charge is 0.507 e. The van der Waals surface area contributed by atoms with Crippen molar-refractivity contribution in [3.05, 3.63) is 35.4 Å². The molecule has 0 saturated heterocycles. The Morgan fingerprint density at radius 3 is 2.29 bits per heavy atom. The maximum absolute atomic E-state index is 10.7. The molecule has 14 heavy (non-hydrogen) atoms. The summed E-state index contributed by atoms with van der Waals surface area (Å²) in [7, 11) is 0. The van der Waals surface area contributed by atoms with E-state index in [1.165, 1.54) is 13.0 Å². The Balaban J connectivity index is 3.25. The van der Waals surface area contributed by atoms with Gasteiger partial charge in [-0.05, 0) is 25.5 Å². The predicted molar refractivity (Wildman–Crippen MR) is 54.0 cm³/mol. The van der Waals surface area contributed by atoms with Crippen molar-refractivity contribution >= 4 is 11.5 Å². The number of carbonyl (C=O) groups is 1. The molecular formula is C11H12O3. The number of aliphatic carboxylic acids is 1. The number of hydrogen-bond acceptors (Lipinski definition) is 2. The van der Waals surface area contributed by atoms with Gasteiger partial charge in [-0.3, -0.25) is 0 Å². The monoisotopic (exact) mass is 192 g/mol. The van der Waals surface area contributed by atoms with Gasteiger partial charge < -0.3 is 10.2 Å². The summed E-state index contributed by atoms with van der Waals surface area (Å²) in [4.78, 5) is 10.7. The first-order valence-corrected chi connectivity index (χ1v) is 4.23. The van der Waals surface area contributed by atoms with E-state index >= 15 is 0 Å². The first kappa shape index (κ1) is 10.3. The van der Waals surface area contributed by atoms with Gasteiger partial charge in [0, 0.05) is 11.1 Å². The number of allylic oxidation sites excluding steroid dienone is 1. The molecule has 0 bridgehead atoms. The third-order valence-electron chi connectivity index (χ3n) is 2.19. The summed E-state index contributed by atoms with van der Waals surface area (Å²) >= 11 is 0. The van der Waals surface area contributed by atoms with Crippen molar-refractivity contribution in [1.82, 2.24) is 0 Å². The highest BCUT2D eigenvalue weighted by atomic mass is 16.4. The molecule has 0 unspecified atom stereocenters. The molecule has 0 aliphatic heterocycles. The lowest BCUT2D eigenvalue weighted by atomic mass is 10.0. The Kier molecular flexibility index (Phi) is 2.92. The van der Waals surface area contributed by atoms with Gasteiger partial charge in [0.05, 0.1) is 0 Å². The fourth-order valence-electron chi connectivity index (χ4n) is 1.15. The normalized spacial score (nSPS) is 12.1. The molecule has 3 nitrogen and oxygen atoms in total. The van der Waals surface area contributed by atoms with Crippen molar-refractivity contribution in [2.75, 3.05) is 0 Å². The van der Waals surface area contributed by atoms with E-state index in [9.17, 15) is 9.90 Å². The summed E-state index contributed by atoms with van der Waals surface area (Å²) in [6, 6.07) is 6.68. The highest BCUT2D eigenvalue weighted by Crippen LogP contribution is 2.26. The number of aromatic hydroxyl groups is 1. The number of phenols is 1. The molecule has 0 saturated carbocycles. The first-order chi connectivity index (χ1) is 6.54. The van der Waals surface area contributed by atoms with E-state index in [0.717, 1.165) is 0 Å². The van der Waals surface area contributed by atoms with E-state index in [1.807, 2.05) is 0 Å². The number of phenolic OH excluding ortho intramolecular Hbond substituents is 1. The summed E-state index contributed by atoms with van der Waals surface area (Å²) in [5.74, 6) is -0.864. The molecule has 2 N–H and O–H groups in total. The standard InChI is InChI=1S/C11H12O3/c1-7(8(2)11(13)14)9-5-3-4-6-10(9)12/h3-6,12H,1-2H3,(H,13,14). The lowest BCUT2D eigenvalue weighted by molar-refractivity contribution is -0.132. The summed E-state index contributed by atoms with van der Waals surface area (Å²) in [5.41, 5.74) is 1.38. The fourth-order valence-corrected chi connectivity index (χ4v) is 1.15. The number of carboxylic acids is 1. The number of rotatable bonds is 2. The molecule has 0 radical (unpaired) electrons. The maximum Gasteiger partial charge on any atom is 0.331 e. The molecule has 0 aliphatic rings. The molecule has 1 aromatic rings. The van der Waals surface area contributed by atoms with Crippen LogP contribution in [0.5, 0.6) is 5.75 Å². The van der Waals surface area contributed by atoms with Crippen molar-refractivity contribution in [3.63, 3.8) is 0 Å². The highest BCUT2D eigenvalue weighted by molar-refractivity contribution is 5.95. The molecule has 0 amide bonds. The second kappa shape index (κ2) is 3.96. The van der Waals surface area contributed by atoms with Crippen LogP contribution in [0.1, 0.15) is 19.4 Å². The van der Waals surface area contributed by atoms with Gasteiger partial charge in [0.25, 0.3) is 0 Å². The number of benzene rings is 1. The molecule has 1 rings (SSSR count). The van der Waals surface area contributed by atoms with Gasteiger partial charge in [-0.2, -0.15) is 0 Å². The summed E-state index contributed by atoms with van der Waals surface area (Å²) in [6.45, 7) is 3.20. The second-order valence-corrected chi connectivity index (χ2v) is 3.07. The third kappa shape index (κ3) is 1.93. The smallest absolute Gasteiger partial charge is 0.331 e. The van der Waals surface area contributed by atoms with Crippen LogP contribution in [0.4, 0.5) is 0 Å². The SMILES string of the molecule is CC(C(=O)O)=C(C)c1ccccc1O. The van der Waals surface area contributed by atoms with Crippen molar-refractivity contribution in [3.8, 4) is 5.75 Å². The average molecular weight is 192 g/mol. The van der Waals surface area contributed by atoms with Crippen LogP contribution in [0.2, 0.25) is 0 Å². The van der Waals surface area contributed by atoms with Crippen molar-refractivity contribution in [2.45, 2.75) is 13.8 Å². The molecule has 1 aromatic carbocycles. The minimum atomic E-state index is -0.967. The Morgan fingerprint density at radius 2 is 1.79 bits per heavy atom. The van der Waals surface area contributed by atoms with Gasteiger partial charge >= 0.3 is 5.97 Å². The Morgan fingerprint density at radius 1 is 1.21 bits per heavy atom. The third-order valence-corrected chi connectivity index (χ3v) is 2.19. The van der Waals surface area contributed by atoms with Crippen molar-refractivity contribution in [1.29, 1.82) is 0 Å². The maximum atomic E-state index is 10.7. The molecule has 0 spiro atoms. The first-order valence-electron chi connectivity index (χ1n) is 4.23. The summed E-state index contributed by atoms with van der Waals surface area (Å²) in [5, 5.41) is 18.2. The molecule has 0 heterocycles. The Hall–Kier alpha value is -1.77. The van der Waals surface area contributed by atoms with Gasteiger partial charge in [-0.25, -0.2) is 4.79 Å². The summed E-state index contributed by atoms with van der Waals surface area (Å²) < 4.78 is 0. The minimum Gasteiger partial charge on any atom is -0.507 e. The van der Waals surface area contributed by atoms with E-state index in [4.69, 9.17) is 5.11 Å². The molecular weight excluding hydrogens is 180 g/mol. The highest BCUT2D eigenvalue weighted by Gasteiger charge is 2.09. The molecule has 0 aliphatic carbocycles. The summed E-state index contributed by atoms with van der Waals surface area (Å²) in [6.07, 6.45) is 0. The second-order valence-electron chi connectivity index (χ2n) is 3.07. The van der Waals surface area contributed by atoms with Crippen LogP contribution in [0.15, 0.2) is 29.8 Å². The van der Waals surface area contributed by atoms with Crippen LogP contribution >= 0.6 is 0 Å². The number of carboxylic acid groups (broad SMARTS) is 1. The van der Waals surface area contributed by atoms with Crippen LogP contribution in [0.25, 0.3) is 5.57 Å². The van der Waals surface area contributed by atoms with Crippen LogP contribution in [-0.4, -0.2) is 16.2 Å². The van der Waals surface area contributed by atoms with E-state index in [2.05, 4.69) is 0 Å². The zero-order valence-corrected chi connectivity index (χ0v) is 8.11. The van der Waals surface area contributed by atoms with Gasteiger partial charge in [-0.15, -0.1) is 0 Å². The Bertz CT molecular complexity index is 391. The van der Waals surface area contributed by atoms with Crippen molar-refractivity contribution in [2.24, 2.45) is 0 Å². The number of hydrogen-bond donors (Lipinski definition) is 2. The molecule has 3 heteroatoms. The van der Waals surface area contributed by atoms with Gasteiger partial charge in [0.2, 0.25) is 0 Å². The van der Waals surface area contributed by atoms with Gasteiger partial charge in [-0.1, -0.05) is 18.2 Å². The zero-order chi connectivity index (χ0) is 10.7. The molecule has 0 fully saturated rings. The van der Waals surface area contributed by atoms with Crippen LogP contribution in [-0.2, 0) is 4.79 Å². The van der Waals surface area contributed by atoms with Crippen LogP contribution < -0.4 is 0 Å². The topological polar surface area (TPSA) is 57.5 Å². The van der Waals surface area contributed by atoms with Crippen LogP contribution in [0.3, 0.4) is 0 Å². The quantitative estimate of drug-likeness (QED) is 0.706. The Labute approximate surface area is 82.3 Å². The van der Waals surface area contributed by atoms with Gasteiger partial charge in [0.1, 0.15) is 5.75 Å². The molecule has 0 aromatic heterocycles. The molecule has 74 valence electrons.